The summed E-state index contributed by atoms with van der Waals surface area (Å²) in [7, 11) is 0. The number of hydrogen-bond donors (Lipinski definition) is 1. The molecular formula is C16H17ClN2O. The van der Waals surface area contributed by atoms with Crippen LogP contribution in [0.25, 0.3) is 0 Å². The van der Waals surface area contributed by atoms with Gasteiger partial charge in [0.05, 0.1) is 0 Å². The summed E-state index contributed by atoms with van der Waals surface area (Å²) in [4.78, 5) is 14.3. The molecule has 0 aliphatic heterocycles. The molecule has 0 aromatic heterocycles. The highest BCUT2D eigenvalue weighted by atomic mass is 35.5. The molecule has 0 bridgehead atoms. The summed E-state index contributed by atoms with van der Waals surface area (Å²) in [5.41, 5.74) is 7.84. The molecule has 0 aliphatic rings. The third kappa shape index (κ3) is 3.31. The fourth-order valence-corrected chi connectivity index (χ4v) is 2.10. The maximum Gasteiger partial charge on any atom is 0.258 e. The Morgan fingerprint density at radius 1 is 1.10 bits per heavy atom. The maximum atomic E-state index is 12.6. The largest absolute Gasteiger partial charge is 0.399 e. The minimum Gasteiger partial charge on any atom is -0.399 e. The zero-order valence-corrected chi connectivity index (χ0v) is 12.1. The van der Waals surface area contributed by atoms with E-state index < -0.39 is 0 Å². The maximum absolute atomic E-state index is 12.6. The number of halogens is 1. The molecule has 20 heavy (non-hydrogen) atoms. The van der Waals surface area contributed by atoms with Crippen LogP contribution in [0.1, 0.15) is 23.7 Å². The summed E-state index contributed by atoms with van der Waals surface area (Å²) in [6.07, 6.45) is 0.879. The van der Waals surface area contributed by atoms with Crippen LogP contribution in [-0.2, 0) is 0 Å². The molecule has 0 atom stereocenters. The molecule has 1 amide bonds. The second kappa shape index (κ2) is 6.44. The lowest BCUT2D eigenvalue weighted by Gasteiger charge is -2.22. The van der Waals surface area contributed by atoms with Gasteiger partial charge in [0.1, 0.15) is 0 Å². The molecule has 104 valence electrons. The molecule has 0 aliphatic carbocycles. The van der Waals surface area contributed by atoms with Gasteiger partial charge < -0.3 is 10.6 Å². The smallest absolute Gasteiger partial charge is 0.258 e. The summed E-state index contributed by atoms with van der Waals surface area (Å²) in [6, 6.07) is 14.2. The van der Waals surface area contributed by atoms with E-state index in [2.05, 4.69) is 0 Å². The van der Waals surface area contributed by atoms with E-state index in [-0.39, 0.29) is 5.91 Å². The average molecular weight is 289 g/mol. The van der Waals surface area contributed by atoms with Gasteiger partial charge in [-0.15, -0.1) is 0 Å². The van der Waals surface area contributed by atoms with Crippen molar-refractivity contribution in [1.82, 2.24) is 0 Å². The number of rotatable bonds is 4. The minimum absolute atomic E-state index is 0.0340. The summed E-state index contributed by atoms with van der Waals surface area (Å²) >= 11 is 5.85. The summed E-state index contributed by atoms with van der Waals surface area (Å²) in [5, 5.41) is 0.621. The van der Waals surface area contributed by atoms with Crippen molar-refractivity contribution in [2.75, 3.05) is 17.2 Å². The van der Waals surface area contributed by atoms with Crippen molar-refractivity contribution in [2.45, 2.75) is 13.3 Å². The predicted octanol–water partition coefficient (Wildman–Crippen LogP) is 3.98. The second-order valence-electron chi connectivity index (χ2n) is 4.56. The van der Waals surface area contributed by atoms with Crippen molar-refractivity contribution in [1.29, 1.82) is 0 Å². The van der Waals surface area contributed by atoms with E-state index in [0.717, 1.165) is 12.1 Å². The Kier molecular flexibility index (Phi) is 4.64. The van der Waals surface area contributed by atoms with Crippen molar-refractivity contribution >= 4 is 28.9 Å². The first-order valence-electron chi connectivity index (χ1n) is 6.55. The Labute approximate surface area is 124 Å². The van der Waals surface area contributed by atoms with E-state index in [4.69, 9.17) is 17.3 Å². The highest BCUT2D eigenvalue weighted by molar-refractivity contribution is 6.30. The molecule has 2 aromatic rings. The molecule has 4 heteroatoms. The van der Waals surface area contributed by atoms with Crippen LogP contribution in [-0.4, -0.2) is 12.5 Å². The van der Waals surface area contributed by atoms with Gasteiger partial charge in [0.25, 0.3) is 5.91 Å². The highest BCUT2D eigenvalue weighted by Crippen LogP contribution is 2.20. The monoisotopic (exact) mass is 288 g/mol. The van der Waals surface area contributed by atoms with Crippen LogP contribution in [0.5, 0.6) is 0 Å². The van der Waals surface area contributed by atoms with Gasteiger partial charge in [-0.2, -0.15) is 0 Å². The minimum atomic E-state index is -0.0340. The Hall–Kier alpha value is -2.00. The van der Waals surface area contributed by atoms with Crippen LogP contribution >= 0.6 is 11.6 Å². The number of nitrogens with zero attached hydrogens (tertiary/aromatic N) is 1. The molecule has 0 saturated carbocycles. The van der Waals surface area contributed by atoms with Crippen LogP contribution in [0.3, 0.4) is 0 Å². The molecule has 0 heterocycles. The Balaban J connectivity index is 2.30. The van der Waals surface area contributed by atoms with Crippen LogP contribution in [0.4, 0.5) is 11.4 Å². The van der Waals surface area contributed by atoms with Crippen LogP contribution in [0.15, 0.2) is 48.5 Å². The fraction of sp³-hybridized carbons (Fsp3) is 0.188. The number of carbonyl (C=O) groups excluding carboxylic acids is 1. The number of anilines is 2. The van der Waals surface area contributed by atoms with Crippen molar-refractivity contribution < 1.29 is 4.79 Å². The molecule has 0 unspecified atom stereocenters. The van der Waals surface area contributed by atoms with Crippen LogP contribution in [0, 0.1) is 0 Å². The van der Waals surface area contributed by atoms with Gasteiger partial charge >= 0.3 is 0 Å². The van der Waals surface area contributed by atoms with E-state index in [1.807, 2.05) is 19.1 Å². The normalized spacial score (nSPS) is 10.3. The molecular weight excluding hydrogens is 272 g/mol. The molecule has 3 nitrogen and oxygen atoms in total. The summed E-state index contributed by atoms with van der Waals surface area (Å²) in [6.45, 7) is 2.70. The lowest BCUT2D eigenvalue weighted by Crippen LogP contribution is -2.31. The van der Waals surface area contributed by atoms with E-state index >= 15 is 0 Å². The molecule has 0 fully saturated rings. The van der Waals surface area contributed by atoms with E-state index in [0.29, 0.717) is 22.8 Å². The molecule has 0 spiro atoms. The third-order valence-electron chi connectivity index (χ3n) is 2.99. The quantitative estimate of drug-likeness (QED) is 0.865. The second-order valence-corrected chi connectivity index (χ2v) is 4.99. The van der Waals surface area contributed by atoms with Gasteiger partial charge in [-0.05, 0) is 55.0 Å². The first-order valence-corrected chi connectivity index (χ1v) is 6.92. The summed E-state index contributed by atoms with van der Waals surface area (Å²) in [5.74, 6) is -0.0340. The molecule has 0 radical (unpaired) electrons. The van der Waals surface area contributed by atoms with Crippen molar-refractivity contribution in [3.63, 3.8) is 0 Å². The lowest BCUT2D eigenvalue weighted by molar-refractivity contribution is 0.0987. The molecule has 0 saturated heterocycles. The molecule has 2 N–H and O–H groups in total. The van der Waals surface area contributed by atoms with Crippen molar-refractivity contribution in [2.24, 2.45) is 0 Å². The summed E-state index contributed by atoms with van der Waals surface area (Å²) < 4.78 is 0. The lowest BCUT2D eigenvalue weighted by atomic mass is 10.1. The van der Waals surface area contributed by atoms with E-state index in [1.54, 1.807) is 41.3 Å². The zero-order valence-electron chi connectivity index (χ0n) is 11.3. The third-order valence-corrected chi connectivity index (χ3v) is 3.24. The standard InChI is InChI=1S/C16H17ClN2O/c1-2-11-19(15-9-7-14(18)8-10-15)16(20)12-3-5-13(17)6-4-12/h3-10H,2,11,18H2,1H3. The first kappa shape index (κ1) is 14.4. The van der Waals surface area contributed by atoms with Crippen molar-refractivity contribution in [3.8, 4) is 0 Å². The van der Waals surface area contributed by atoms with Gasteiger partial charge in [-0.1, -0.05) is 18.5 Å². The number of carbonyl (C=O) groups is 1. The fourth-order valence-electron chi connectivity index (χ4n) is 1.97. The SMILES string of the molecule is CCCN(C(=O)c1ccc(Cl)cc1)c1ccc(N)cc1. The van der Waals surface area contributed by atoms with Crippen molar-refractivity contribution in [3.05, 3.63) is 59.1 Å². The van der Waals surface area contributed by atoms with Gasteiger partial charge in [0, 0.05) is 28.5 Å². The Bertz CT molecular complexity index is 578. The first-order chi connectivity index (χ1) is 9.61. The number of benzene rings is 2. The average Bonchev–Trinajstić information content (AvgIpc) is 2.46. The van der Waals surface area contributed by atoms with E-state index in [1.165, 1.54) is 0 Å². The van der Waals surface area contributed by atoms with Gasteiger partial charge in [0.15, 0.2) is 0 Å². The molecule has 2 aromatic carbocycles. The number of nitrogens with two attached hydrogens (primary N) is 1. The topological polar surface area (TPSA) is 46.3 Å². The molecule has 2 rings (SSSR count). The number of amides is 1. The van der Waals surface area contributed by atoms with Gasteiger partial charge in [-0.25, -0.2) is 0 Å². The Morgan fingerprint density at radius 3 is 2.25 bits per heavy atom. The number of hydrogen-bond acceptors (Lipinski definition) is 2. The number of nitrogen functional groups attached to an aromatic ring is 1. The predicted molar refractivity (Wildman–Crippen MR) is 84.3 cm³/mol. The van der Waals surface area contributed by atoms with E-state index in [9.17, 15) is 4.79 Å². The van der Waals surface area contributed by atoms with Crippen LogP contribution < -0.4 is 10.6 Å². The van der Waals surface area contributed by atoms with Gasteiger partial charge in [0.2, 0.25) is 0 Å². The highest BCUT2D eigenvalue weighted by Gasteiger charge is 2.16. The van der Waals surface area contributed by atoms with Gasteiger partial charge in [-0.3, -0.25) is 4.79 Å². The van der Waals surface area contributed by atoms with Crippen LogP contribution in [0.2, 0.25) is 5.02 Å². The Morgan fingerprint density at radius 2 is 1.70 bits per heavy atom. The zero-order chi connectivity index (χ0) is 14.5.